The first-order valence-electron chi connectivity index (χ1n) is 13.6. The van der Waals surface area contributed by atoms with Crippen LogP contribution in [0.1, 0.15) is 95.1 Å². The normalized spacial score (nSPS) is 20.8. The minimum Gasteiger partial charge on any atom is -0.379 e. The van der Waals surface area contributed by atoms with Crippen LogP contribution in [0.4, 0.5) is 0 Å². The van der Waals surface area contributed by atoms with E-state index in [9.17, 15) is 9.59 Å². The third-order valence-electron chi connectivity index (χ3n) is 7.58. The van der Waals surface area contributed by atoms with Crippen LogP contribution in [0.5, 0.6) is 0 Å². The maximum absolute atomic E-state index is 13.8. The molecule has 1 atom stereocenters. The monoisotopic (exact) mass is 494 g/mol. The van der Waals surface area contributed by atoms with Crippen molar-refractivity contribution in [2.24, 2.45) is 0 Å². The molecule has 0 bridgehead atoms. The van der Waals surface area contributed by atoms with Gasteiger partial charge in [-0.3, -0.25) is 14.3 Å². The number of nitrogens with one attached hydrogen (secondary N) is 1. The number of aromatic nitrogens is 2. The Morgan fingerprint density at radius 3 is 2.47 bits per heavy atom. The molecule has 2 amide bonds. The summed E-state index contributed by atoms with van der Waals surface area (Å²) < 4.78 is 7.45. The SMILES string of the molecule is CC(C)OCCCN1C(=O)c2cc(-c3ccc(C(C)C)cc3)nn2C[C@]1(C)C(=O)NC1CCCCC1. The van der Waals surface area contributed by atoms with E-state index in [0.29, 0.717) is 37.7 Å². The van der Waals surface area contributed by atoms with E-state index < -0.39 is 5.54 Å². The number of fused-ring (bicyclic) bond motifs is 1. The van der Waals surface area contributed by atoms with Crippen molar-refractivity contribution in [1.82, 2.24) is 20.0 Å². The van der Waals surface area contributed by atoms with Gasteiger partial charge in [0.15, 0.2) is 0 Å². The maximum atomic E-state index is 13.8. The van der Waals surface area contributed by atoms with E-state index in [0.717, 1.165) is 36.9 Å². The zero-order chi connectivity index (χ0) is 25.9. The molecule has 0 saturated heterocycles. The quantitative estimate of drug-likeness (QED) is 0.489. The smallest absolute Gasteiger partial charge is 0.273 e. The largest absolute Gasteiger partial charge is 0.379 e. The summed E-state index contributed by atoms with van der Waals surface area (Å²) in [5, 5.41) is 8.06. The molecule has 0 spiro atoms. The topological polar surface area (TPSA) is 76.5 Å². The number of nitrogens with zero attached hydrogens (tertiary/aromatic N) is 3. The molecule has 1 aromatic heterocycles. The van der Waals surface area contributed by atoms with E-state index in [1.807, 2.05) is 26.8 Å². The van der Waals surface area contributed by atoms with Crippen LogP contribution in [0.3, 0.4) is 0 Å². The summed E-state index contributed by atoms with van der Waals surface area (Å²) >= 11 is 0. The van der Waals surface area contributed by atoms with Gasteiger partial charge in [-0.05, 0) is 57.6 Å². The molecule has 196 valence electrons. The molecule has 1 aromatic carbocycles. The number of amides is 2. The summed E-state index contributed by atoms with van der Waals surface area (Å²) in [6.07, 6.45) is 6.31. The summed E-state index contributed by atoms with van der Waals surface area (Å²) in [6, 6.07) is 10.4. The first kappa shape index (κ1) is 26.4. The molecule has 2 aromatic rings. The first-order valence-corrected chi connectivity index (χ1v) is 13.6. The average Bonchev–Trinajstić information content (AvgIpc) is 3.28. The van der Waals surface area contributed by atoms with Gasteiger partial charge >= 0.3 is 0 Å². The van der Waals surface area contributed by atoms with Crippen LogP contribution >= 0.6 is 0 Å². The Morgan fingerprint density at radius 2 is 1.83 bits per heavy atom. The van der Waals surface area contributed by atoms with Crippen molar-refractivity contribution in [2.75, 3.05) is 13.2 Å². The Kier molecular flexibility index (Phi) is 8.18. The zero-order valence-corrected chi connectivity index (χ0v) is 22.5. The second-order valence-corrected chi connectivity index (χ2v) is 11.2. The number of hydrogen-bond donors (Lipinski definition) is 1. The van der Waals surface area contributed by atoms with Gasteiger partial charge in [0.05, 0.1) is 18.3 Å². The molecule has 1 N–H and O–H groups in total. The molecule has 2 aliphatic rings. The predicted octanol–water partition coefficient (Wildman–Crippen LogP) is 5.15. The second-order valence-electron chi connectivity index (χ2n) is 11.2. The molecule has 1 saturated carbocycles. The number of carbonyl (C=O) groups is 2. The molecule has 1 aliphatic heterocycles. The Labute approximate surface area is 215 Å². The van der Waals surface area contributed by atoms with Crippen molar-refractivity contribution in [2.45, 2.75) is 103 Å². The molecule has 7 heteroatoms. The summed E-state index contributed by atoms with van der Waals surface area (Å²) in [5.74, 6) is 0.216. The van der Waals surface area contributed by atoms with Gasteiger partial charge in [0.2, 0.25) is 5.91 Å². The molecule has 1 aliphatic carbocycles. The van der Waals surface area contributed by atoms with Crippen LogP contribution in [-0.2, 0) is 16.1 Å². The highest BCUT2D eigenvalue weighted by Crippen LogP contribution is 2.31. The van der Waals surface area contributed by atoms with Crippen molar-refractivity contribution in [3.8, 4) is 11.3 Å². The molecular weight excluding hydrogens is 452 g/mol. The van der Waals surface area contributed by atoms with E-state index in [1.165, 1.54) is 12.0 Å². The minimum atomic E-state index is -1.01. The van der Waals surface area contributed by atoms with Crippen LogP contribution in [-0.4, -0.2) is 57.3 Å². The number of benzene rings is 1. The van der Waals surface area contributed by atoms with Gasteiger partial charge in [0.25, 0.3) is 5.91 Å². The third kappa shape index (κ3) is 5.66. The number of rotatable bonds is 9. The van der Waals surface area contributed by atoms with Gasteiger partial charge in [-0.25, -0.2) is 0 Å². The predicted molar refractivity (Wildman–Crippen MR) is 142 cm³/mol. The van der Waals surface area contributed by atoms with Gasteiger partial charge in [-0.2, -0.15) is 5.10 Å². The lowest BCUT2D eigenvalue weighted by atomic mass is 9.91. The summed E-state index contributed by atoms with van der Waals surface area (Å²) in [5.41, 5.74) is 2.52. The molecule has 0 unspecified atom stereocenters. The standard InChI is InChI=1S/C29H42N4O3/c1-20(2)22-12-14-23(15-13-22)25-18-26-27(34)32(16-9-17-36-21(3)4)29(5,19-33(26)31-25)28(35)30-24-10-7-6-8-11-24/h12-15,18,20-21,24H,6-11,16-17,19H2,1-5H3,(H,30,35)/t29-/m1/s1. The minimum absolute atomic E-state index is 0.0866. The lowest BCUT2D eigenvalue weighted by Gasteiger charge is -2.44. The van der Waals surface area contributed by atoms with E-state index in [-0.39, 0.29) is 24.0 Å². The average molecular weight is 495 g/mol. The van der Waals surface area contributed by atoms with Gasteiger partial charge in [0.1, 0.15) is 11.2 Å². The molecule has 2 heterocycles. The molecule has 7 nitrogen and oxygen atoms in total. The van der Waals surface area contributed by atoms with Crippen molar-refractivity contribution >= 4 is 11.8 Å². The molecule has 36 heavy (non-hydrogen) atoms. The van der Waals surface area contributed by atoms with E-state index in [1.54, 1.807) is 9.58 Å². The number of ether oxygens (including phenoxy) is 1. The van der Waals surface area contributed by atoms with Gasteiger partial charge < -0.3 is 15.0 Å². The fourth-order valence-electron chi connectivity index (χ4n) is 5.30. The van der Waals surface area contributed by atoms with Gasteiger partial charge in [-0.1, -0.05) is 57.4 Å². The molecule has 0 radical (unpaired) electrons. The number of hydrogen-bond acceptors (Lipinski definition) is 4. The number of carbonyl (C=O) groups excluding carboxylic acids is 2. The fourth-order valence-corrected chi connectivity index (χ4v) is 5.30. The van der Waals surface area contributed by atoms with Crippen LogP contribution in [0.15, 0.2) is 30.3 Å². The van der Waals surface area contributed by atoms with Crippen LogP contribution in [0.25, 0.3) is 11.3 Å². The van der Waals surface area contributed by atoms with Crippen molar-refractivity contribution < 1.29 is 14.3 Å². The summed E-state index contributed by atoms with van der Waals surface area (Å²) in [7, 11) is 0. The molecule has 1 fully saturated rings. The molecule has 4 rings (SSSR count). The zero-order valence-electron chi connectivity index (χ0n) is 22.5. The Balaban J connectivity index is 1.60. The van der Waals surface area contributed by atoms with Crippen LogP contribution in [0, 0.1) is 0 Å². The van der Waals surface area contributed by atoms with Crippen LogP contribution in [0.2, 0.25) is 0 Å². The van der Waals surface area contributed by atoms with Crippen molar-refractivity contribution in [1.29, 1.82) is 0 Å². The van der Waals surface area contributed by atoms with Gasteiger partial charge in [0, 0.05) is 24.8 Å². The van der Waals surface area contributed by atoms with E-state index in [4.69, 9.17) is 9.84 Å². The van der Waals surface area contributed by atoms with Gasteiger partial charge in [-0.15, -0.1) is 0 Å². The second kappa shape index (κ2) is 11.2. The van der Waals surface area contributed by atoms with E-state index in [2.05, 4.69) is 43.4 Å². The lowest BCUT2D eigenvalue weighted by molar-refractivity contribution is -0.134. The Hall–Kier alpha value is -2.67. The lowest BCUT2D eigenvalue weighted by Crippen LogP contribution is -2.65. The van der Waals surface area contributed by atoms with Crippen molar-refractivity contribution in [3.63, 3.8) is 0 Å². The van der Waals surface area contributed by atoms with Crippen molar-refractivity contribution in [3.05, 3.63) is 41.6 Å². The highest BCUT2D eigenvalue weighted by atomic mass is 16.5. The highest BCUT2D eigenvalue weighted by molar-refractivity contribution is 6.00. The fraction of sp³-hybridized carbons (Fsp3) is 0.621. The Bertz CT molecular complexity index is 1050. The summed E-state index contributed by atoms with van der Waals surface area (Å²) in [6.45, 7) is 11.6. The summed E-state index contributed by atoms with van der Waals surface area (Å²) in [4.78, 5) is 29.2. The third-order valence-corrected chi connectivity index (χ3v) is 7.58. The maximum Gasteiger partial charge on any atom is 0.273 e. The van der Waals surface area contributed by atoms with E-state index >= 15 is 0 Å². The van der Waals surface area contributed by atoms with Crippen LogP contribution < -0.4 is 5.32 Å². The molecular formula is C29H42N4O3. The first-order chi connectivity index (χ1) is 17.2. The Morgan fingerprint density at radius 1 is 1.14 bits per heavy atom. The highest BCUT2D eigenvalue weighted by Gasteiger charge is 2.48.